The molecule has 7 heteroatoms. The molecule has 1 saturated carbocycles. The molecule has 1 aliphatic carbocycles. The predicted octanol–water partition coefficient (Wildman–Crippen LogP) is 1.12. The number of hydrogen-bond acceptors (Lipinski definition) is 3. The van der Waals surface area contributed by atoms with Gasteiger partial charge in [0.05, 0.1) is 24.3 Å². The van der Waals surface area contributed by atoms with Crippen molar-refractivity contribution >= 4 is 12.0 Å². The second kappa shape index (κ2) is 5.38. The molecule has 0 radical (unpaired) electrons. The third-order valence-corrected chi connectivity index (χ3v) is 4.47. The van der Waals surface area contributed by atoms with Gasteiger partial charge < -0.3 is 20.3 Å². The molecule has 0 saturated heterocycles. The molecule has 2 heterocycles. The van der Waals surface area contributed by atoms with Gasteiger partial charge in [-0.25, -0.2) is 14.6 Å². The van der Waals surface area contributed by atoms with Crippen molar-refractivity contribution in [2.45, 2.75) is 51.2 Å². The number of fused-ring (bicyclic) bond motifs is 1. The molecular formula is C14H20N4O3. The van der Waals surface area contributed by atoms with E-state index < -0.39 is 12.0 Å². The Balaban J connectivity index is 1.72. The number of amides is 2. The fourth-order valence-electron chi connectivity index (χ4n) is 3.27. The van der Waals surface area contributed by atoms with E-state index >= 15 is 0 Å². The minimum Gasteiger partial charge on any atom is -0.480 e. The summed E-state index contributed by atoms with van der Waals surface area (Å²) in [6, 6.07) is -0.980. The molecule has 3 atom stereocenters. The van der Waals surface area contributed by atoms with Crippen molar-refractivity contribution in [2.75, 3.05) is 0 Å². The Bertz CT molecular complexity index is 556. The maximum Gasteiger partial charge on any atom is 0.326 e. The SMILES string of the molecule is CC1CCC(NC(=O)N2Cc3[nH]cnc3CC2C(=O)O)C1. The highest BCUT2D eigenvalue weighted by atomic mass is 16.4. The molecule has 2 aliphatic rings. The van der Waals surface area contributed by atoms with Crippen LogP contribution in [-0.2, 0) is 17.8 Å². The van der Waals surface area contributed by atoms with E-state index in [2.05, 4.69) is 22.2 Å². The zero-order valence-corrected chi connectivity index (χ0v) is 12.0. The van der Waals surface area contributed by atoms with Crippen molar-refractivity contribution in [1.29, 1.82) is 0 Å². The van der Waals surface area contributed by atoms with Crippen LogP contribution in [0.15, 0.2) is 6.33 Å². The Hall–Kier alpha value is -2.05. The molecule has 3 rings (SSSR count). The lowest BCUT2D eigenvalue weighted by Crippen LogP contribution is -2.53. The van der Waals surface area contributed by atoms with Crippen LogP contribution in [0.5, 0.6) is 0 Å². The molecule has 1 aromatic heterocycles. The van der Waals surface area contributed by atoms with Gasteiger partial charge in [-0.1, -0.05) is 6.92 Å². The summed E-state index contributed by atoms with van der Waals surface area (Å²) in [6.45, 7) is 2.43. The van der Waals surface area contributed by atoms with E-state index in [9.17, 15) is 14.7 Å². The number of hydrogen-bond donors (Lipinski definition) is 3. The zero-order chi connectivity index (χ0) is 15.0. The lowest BCUT2D eigenvalue weighted by Gasteiger charge is -2.33. The molecule has 1 aromatic rings. The van der Waals surface area contributed by atoms with Crippen LogP contribution in [0.4, 0.5) is 4.79 Å². The second-order valence-corrected chi connectivity index (χ2v) is 6.08. The molecule has 2 amide bonds. The van der Waals surface area contributed by atoms with Crippen LogP contribution in [-0.4, -0.2) is 44.1 Å². The van der Waals surface area contributed by atoms with E-state index in [4.69, 9.17) is 0 Å². The number of H-pyrrole nitrogens is 1. The first-order valence-corrected chi connectivity index (χ1v) is 7.35. The summed E-state index contributed by atoms with van der Waals surface area (Å²) >= 11 is 0. The maximum absolute atomic E-state index is 12.4. The summed E-state index contributed by atoms with van der Waals surface area (Å²) < 4.78 is 0. The van der Waals surface area contributed by atoms with Crippen LogP contribution in [0.3, 0.4) is 0 Å². The van der Waals surface area contributed by atoms with Crippen LogP contribution < -0.4 is 5.32 Å². The van der Waals surface area contributed by atoms with Crippen molar-refractivity contribution in [2.24, 2.45) is 5.92 Å². The van der Waals surface area contributed by atoms with Crippen LogP contribution in [0.1, 0.15) is 37.6 Å². The standard InChI is InChI=1S/C14H20N4O3/c1-8-2-3-9(4-8)17-14(21)18-6-11-10(15-7-16-11)5-12(18)13(19)20/h7-9,12H,2-6H2,1H3,(H,15,16)(H,17,21)(H,19,20). The Morgan fingerprint density at radius 1 is 1.48 bits per heavy atom. The molecule has 114 valence electrons. The lowest BCUT2D eigenvalue weighted by molar-refractivity contribution is -0.142. The number of carbonyl (C=O) groups excluding carboxylic acids is 1. The van der Waals surface area contributed by atoms with Crippen LogP contribution in [0.2, 0.25) is 0 Å². The Morgan fingerprint density at radius 3 is 2.95 bits per heavy atom. The quantitative estimate of drug-likeness (QED) is 0.760. The highest BCUT2D eigenvalue weighted by Crippen LogP contribution is 2.26. The first-order valence-electron chi connectivity index (χ1n) is 7.35. The number of imidazole rings is 1. The topological polar surface area (TPSA) is 98.3 Å². The third kappa shape index (κ3) is 2.72. The van der Waals surface area contributed by atoms with Gasteiger partial charge in [-0.05, 0) is 25.2 Å². The first-order chi connectivity index (χ1) is 10.0. The van der Waals surface area contributed by atoms with Crippen molar-refractivity contribution in [3.8, 4) is 0 Å². The number of rotatable bonds is 2. The number of aromatic amines is 1. The van der Waals surface area contributed by atoms with Gasteiger partial charge in [0.15, 0.2) is 0 Å². The largest absolute Gasteiger partial charge is 0.480 e. The minimum absolute atomic E-state index is 0.158. The second-order valence-electron chi connectivity index (χ2n) is 6.08. The number of aromatic nitrogens is 2. The van der Waals surface area contributed by atoms with Gasteiger partial charge >= 0.3 is 12.0 Å². The lowest BCUT2D eigenvalue weighted by atomic mass is 10.0. The minimum atomic E-state index is -0.987. The Labute approximate surface area is 122 Å². The fraction of sp³-hybridized carbons (Fsp3) is 0.643. The average molecular weight is 292 g/mol. The molecule has 1 fully saturated rings. The monoisotopic (exact) mass is 292 g/mol. The summed E-state index contributed by atoms with van der Waals surface area (Å²) in [7, 11) is 0. The zero-order valence-electron chi connectivity index (χ0n) is 12.0. The molecule has 7 nitrogen and oxygen atoms in total. The van der Waals surface area contributed by atoms with E-state index in [1.54, 1.807) is 6.33 Å². The molecule has 3 unspecified atom stereocenters. The smallest absolute Gasteiger partial charge is 0.326 e. The number of urea groups is 1. The maximum atomic E-state index is 12.4. The molecule has 21 heavy (non-hydrogen) atoms. The highest BCUT2D eigenvalue weighted by molar-refractivity contribution is 5.83. The highest BCUT2D eigenvalue weighted by Gasteiger charge is 2.37. The molecule has 0 bridgehead atoms. The van der Waals surface area contributed by atoms with E-state index in [-0.39, 0.29) is 25.0 Å². The number of aliphatic carboxylic acids is 1. The van der Waals surface area contributed by atoms with Gasteiger partial charge in [0.1, 0.15) is 6.04 Å². The van der Waals surface area contributed by atoms with E-state index in [1.165, 1.54) is 4.90 Å². The molecule has 0 spiro atoms. The van der Waals surface area contributed by atoms with E-state index in [0.29, 0.717) is 5.92 Å². The van der Waals surface area contributed by atoms with Crippen LogP contribution in [0.25, 0.3) is 0 Å². The van der Waals surface area contributed by atoms with Crippen molar-refractivity contribution in [3.05, 3.63) is 17.7 Å². The van der Waals surface area contributed by atoms with Gasteiger partial charge in [0.2, 0.25) is 0 Å². The Morgan fingerprint density at radius 2 is 2.29 bits per heavy atom. The molecule has 1 aliphatic heterocycles. The number of nitrogens with one attached hydrogen (secondary N) is 2. The summed E-state index contributed by atoms with van der Waals surface area (Å²) in [6.07, 6.45) is 4.84. The van der Waals surface area contributed by atoms with Gasteiger partial charge in [0, 0.05) is 12.5 Å². The van der Waals surface area contributed by atoms with Crippen molar-refractivity contribution in [3.63, 3.8) is 0 Å². The number of carbonyl (C=O) groups is 2. The van der Waals surface area contributed by atoms with Crippen molar-refractivity contribution < 1.29 is 14.7 Å². The normalized spacial score (nSPS) is 28.2. The van der Waals surface area contributed by atoms with Crippen molar-refractivity contribution in [1.82, 2.24) is 20.2 Å². The van der Waals surface area contributed by atoms with Crippen LogP contribution in [0, 0.1) is 5.92 Å². The number of carboxylic acids is 1. The number of nitrogens with zero attached hydrogens (tertiary/aromatic N) is 2. The summed E-state index contributed by atoms with van der Waals surface area (Å²) in [5.74, 6) is -0.371. The molecular weight excluding hydrogens is 272 g/mol. The van der Waals surface area contributed by atoms with E-state index in [1.807, 2.05) is 0 Å². The third-order valence-electron chi connectivity index (χ3n) is 4.47. The molecule has 3 N–H and O–H groups in total. The van der Waals surface area contributed by atoms with Gasteiger partial charge in [-0.2, -0.15) is 0 Å². The Kier molecular flexibility index (Phi) is 3.57. The van der Waals surface area contributed by atoms with Crippen LogP contribution >= 0.6 is 0 Å². The average Bonchev–Trinajstić information content (AvgIpc) is 3.05. The predicted molar refractivity (Wildman–Crippen MR) is 74.6 cm³/mol. The van der Waals surface area contributed by atoms with E-state index in [0.717, 1.165) is 30.7 Å². The van der Waals surface area contributed by atoms with Gasteiger partial charge in [0.25, 0.3) is 0 Å². The fourth-order valence-corrected chi connectivity index (χ4v) is 3.27. The summed E-state index contributed by atoms with van der Waals surface area (Å²) in [5, 5.41) is 12.3. The van der Waals surface area contributed by atoms with Gasteiger partial charge in [-0.15, -0.1) is 0 Å². The number of carboxylic acid groups (broad SMARTS) is 1. The summed E-state index contributed by atoms with van der Waals surface area (Å²) in [4.78, 5) is 32.3. The molecule has 0 aromatic carbocycles. The summed E-state index contributed by atoms with van der Waals surface area (Å²) in [5.41, 5.74) is 1.56. The first kappa shape index (κ1) is 13.9. The van der Waals surface area contributed by atoms with Gasteiger partial charge in [-0.3, -0.25) is 0 Å².